The SMILES string of the molecule is CCC(C)C(=O)C(C#N)c1ccccc1C. The van der Waals surface area contributed by atoms with E-state index in [-0.39, 0.29) is 11.7 Å². The van der Waals surface area contributed by atoms with E-state index < -0.39 is 5.92 Å². The lowest BCUT2D eigenvalue weighted by Crippen LogP contribution is -2.19. The molecule has 0 aliphatic heterocycles. The van der Waals surface area contributed by atoms with E-state index in [2.05, 4.69) is 6.07 Å². The minimum absolute atomic E-state index is 0.0271. The van der Waals surface area contributed by atoms with Crippen LogP contribution < -0.4 is 0 Å². The molecule has 0 aliphatic carbocycles. The summed E-state index contributed by atoms with van der Waals surface area (Å²) in [6, 6.07) is 9.71. The lowest BCUT2D eigenvalue weighted by Gasteiger charge is -2.14. The van der Waals surface area contributed by atoms with Gasteiger partial charge in [-0.2, -0.15) is 5.26 Å². The molecular formula is C14H17NO. The molecule has 2 unspecified atom stereocenters. The quantitative estimate of drug-likeness (QED) is 0.773. The van der Waals surface area contributed by atoms with Crippen LogP contribution >= 0.6 is 0 Å². The summed E-state index contributed by atoms with van der Waals surface area (Å²) in [5.74, 6) is -0.639. The average Bonchev–Trinajstić information content (AvgIpc) is 2.31. The molecule has 0 amide bonds. The van der Waals surface area contributed by atoms with E-state index >= 15 is 0 Å². The molecule has 1 rings (SSSR count). The van der Waals surface area contributed by atoms with Crippen LogP contribution in [0.4, 0.5) is 0 Å². The van der Waals surface area contributed by atoms with Gasteiger partial charge in [-0.3, -0.25) is 4.79 Å². The first-order chi connectivity index (χ1) is 7.61. The number of carbonyl (C=O) groups is 1. The van der Waals surface area contributed by atoms with Gasteiger partial charge in [-0.05, 0) is 24.5 Å². The van der Waals surface area contributed by atoms with Crippen LogP contribution in [0.1, 0.15) is 37.3 Å². The number of ketones is 1. The average molecular weight is 215 g/mol. The van der Waals surface area contributed by atoms with E-state index in [9.17, 15) is 4.79 Å². The first kappa shape index (κ1) is 12.4. The van der Waals surface area contributed by atoms with Crippen LogP contribution in [0, 0.1) is 24.2 Å². The molecule has 1 aromatic carbocycles. The first-order valence-electron chi connectivity index (χ1n) is 5.60. The molecular weight excluding hydrogens is 198 g/mol. The Kier molecular flexibility index (Phi) is 4.25. The van der Waals surface area contributed by atoms with Crippen LogP contribution in [-0.4, -0.2) is 5.78 Å². The Balaban J connectivity index is 3.05. The van der Waals surface area contributed by atoms with Gasteiger partial charge in [0.05, 0.1) is 6.07 Å². The summed E-state index contributed by atoms with van der Waals surface area (Å²) in [6.07, 6.45) is 0.781. The molecule has 0 fully saturated rings. The van der Waals surface area contributed by atoms with Crippen molar-refractivity contribution in [1.29, 1.82) is 5.26 Å². The second-order valence-corrected chi connectivity index (χ2v) is 4.13. The molecule has 2 atom stereocenters. The normalized spacial score (nSPS) is 13.9. The highest BCUT2D eigenvalue weighted by Crippen LogP contribution is 2.23. The number of nitrogens with zero attached hydrogens (tertiary/aromatic N) is 1. The smallest absolute Gasteiger partial charge is 0.157 e. The summed E-state index contributed by atoms with van der Waals surface area (Å²) in [5.41, 5.74) is 1.85. The Morgan fingerprint density at radius 2 is 2.06 bits per heavy atom. The van der Waals surface area contributed by atoms with Crippen molar-refractivity contribution in [3.8, 4) is 6.07 Å². The molecule has 2 heteroatoms. The van der Waals surface area contributed by atoms with Gasteiger partial charge >= 0.3 is 0 Å². The van der Waals surface area contributed by atoms with E-state index in [0.717, 1.165) is 17.5 Å². The third-order valence-electron chi connectivity index (χ3n) is 3.01. The topological polar surface area (TPSA) is 40.9 Å². The highest BCUT2D eigenvalue weighted by atomic mass is 16.1. The maximum absolute atomic E-state index is 12.0. The molecule has 0 aliphatic rings. The van der Waals surface area contributed by atoms with Gasteiger partial charge in [-0.25, -0.2) is 0 Å². The molecule has 0 aromatic heterocycles. The number of aryl methyl sites for hydroxylation is 1. The predicted octanol–water partition coefficient (Wildman–Crippen LogP) is 3.22. The van der Waals surface area contributed by atoms with Crippen molar-refractivity contribution in [2.75, 3.05) is 0 Å². The number of hydrogen-bond donors (Lipinski definition) is 0. The van der Waals surface area contributed by atoms with Crippen LogP contribution in [0.25, 0.3) is 0 Å². The maximum Gasteiger partial charge on any atom is 0.157 e. The van der Waals surface area contributed by atoms with Crippen molar-refractivity contribution in [1.82, 2.24) is 0 Å². The Labute approximate surface area is 96.9 Å². The van der Waals surface area contributed by atoms with Gasteiger partial charge in [0.15, 0.2) is 5.78 Å². The zero-order valence-electron chi connectivity index (χ0n) is 10.0. The summed E-state index contributed by atoms with van der Waals surface area (Å²) in [5, 5.41) is 9.15. The fraction of sp³-hybridized carbons (Fsp3) is 0.429. The zero-order valence-corrected chi connectivity index (χ0v) is 10.0. The van der Waals surface area contributed by atoms with Gasteiger partial charge < -0.3 is 0 Å². The molecule has 2 nitrogen and oxygen atoms in total. The first-order valence-corrected chi connectivity index (χ1v) is 5.60. The van der Waals surface area contributed by atoms with Gasteiger partial charge in [-0.15, -0.1) is 0 Å². The van der Waals surface area contributed by atoms with Crippen LogP contribution in [0.3, 0.4) is 0 Å². The second-order valence-electron chi connectivity index (χ2n) is 4.13. The van der Waals surface area contributed by atoms with Gasteiger partial charge in [0.1, 0.15) is 5.92 Å². The maximum atomic E-state index is 12.0. The van der Waals surface area contributed by atoms with Gasteiger partial charge in [0.25, 0.3) is 0 Å². The molecule has 0 N–H and O–H groups in total. The molecule has 0 saturated heterocycles. The summed E-state index contributed by atoms with van der Waals surface area (Å²) in [6.45, 7) is 5.78. The third-order valence-corrected chi connectivity index (χ3v) is 3.01. The molecule has 1 aromatic rings. The number of hydrogen-bond acceptors (Lipinski definition) is 2. The van der Waals surface area contributed by atoms with Crippen molar-refractivity contribution in [3.63, 3.8) is 0 Å². The fourth-order valence-electron chi connectivity index (χ4n) is 1.68. The van der Waals surface area contributed by atoms with Crippen molar-refractivity contribution in [2.24, 2.45) is 5.92 Å². The van der Waals surface area contributed by atoms with Crippen LogP contribution in [-0.2, 0) is 4.79 Å². The minimum atomic E-state index is -0.615. The van der Waals surface area contributed by atoms with E-state index in [4.69, 9.17) is 5.26 Å². The molecule has 0 bridgehead atoms. The van der Waals surface area contributed by atoms with Gasteiger partial charge in [0.2, 0.25) is 0 Å². The Bertz CT molecular complexity index is 417. The number of rotatable bonds is 4. The molecule has 84 valence electrons. The Morgan fingerprint density at radius 3 is 2.56 bits per heavy atom. The third kappa shape index (κ3) is 2.49. The Hall–Kier alpha value is -1.62. The summed E-state index contributed by atoms with van der Waals surface area (Å²) in [4.78, 5) is 12.0. The second kappa shape index (κ2) is 5.46. The van der Waals surface area contributed by atoms with E-state index in [0.29, 0.717) is 0 Å². The number of benzene rings is 1. The highest BCUT2D eigenvalue weighted by molar-refractivity contribution is 5.90. The van der Waals surface area contributed by atoms with E-state index in [1.165, 1.54) is 0 Å². The van der Waals surface area contributed by atoms with Crippen LogP contribution in [0.2, 0.25) is 0 Å². The Morgan fingerprint density at radius 1 is 1.44 bits per heavy atom. The predicted molar refractivity (Wildman–Crippen MR) is 64.0 cm³/mol. The molecule has 0 radical (unpaired) electrons. The molecule has 16 heavy (non-hydrogen) atoms. The number of nitriles is 1. The van der Waals surface area contributed by atoms with E-state index in [1.807, 2.05) is 45.0 Å². The van der Waals surface area contributed by atoms with Crippen molar-refractivity contribution in [2.45, 2.75) is 33.1 Å². The summed E-state index contributed by atoms with van der Waals surface area (Å²) in [7, 11) is 0. The van der Waals surface area contributed by atoms with Gasteiger partial charge in [0, 0.05) is 5.92 Å². The lowest BCUT2D eigenvalue weighted by molar-refractivity contribution is -0.122. The van der Waals surface area contributed by atoms with Crippen LogP contribution in [0.15, 0.2) is 24.3 Å². The molecule has 0 spiro atoms. The molecule has 0 heterocycles. The largest absolute Gasteiger partial charge is 0.298 e. The van der Waals surface area contributed by atoms with Crippen molar-refractivity contribution in [3.05, 3.63) is 35.4 Å². The summed E-state index contributed by atoms with van der Waals surface area (Å²) < 4.78 is 0. The summed E-state index contributed by atoms with van der Waals surface area (Å²) >= 11 is 0. The molecule has 0 saturated carbocycles. The zero-order chi connectivity index (χ0) is 12.1. The van der Waals surface area contributed by atoms with Crippen LogP contribution in [0.5, 0.6) is 0 Å². The lowest BCUT2D eigenvalue weighted by atomic mass is 9.86. The van der Waals surface area contributed by atoms with E-state index in [1.54, 1.807) is 0 Å². The number of carbonyl (C=O) groups excluding carboxylic acids is 1. The fourth-order valence-corrected chi connectivity index (χ4v) is 1.68. The monoisotopic (exact) mass is 215 g/mol. The minimum Gasteiger partial charge on any atom is -0.298 e. The van der Waals surface area contributed by atoms with Crippen molar-refractivity contribution >= 4 is 5.78 Å². The standard InChI is InChI=1S/C14H17NO/c1-4-10(2)14(16)13(9-15)12-8-6-5-7-11(12)3/h5-8,10,13H,4H2,1-3H3. The number of Topliss-reactive ketones (excluding diaryl/α,β-unsaturated/α-hetero) is 1. The van der Waals surface area contributed by atoms with Crippen molar-refractivity contribution < 1.29 is 4.79 Å². The highest BCUT2D eigenvalue weighted by Gasteiger charge is 2.25. The van der Waals surface area contributed by atoms with Gasteiger partial charge in [-0.1, -0.05) is 38.1 Å².